The Balaban J connectivity index is 2.10. The number of unbranched alkanes of at least 4 members (excludes halogenated alkanes) is 1. The van der Waals surface area contributed by atoms with Gasteiger partial charge in [-0.1, -0.05) is 84.3 Å². The second kappa shape index (κ2) is 17.9. The van der Waals surface area contributed by atoms with E-state index in [0.717, 1.165) is 37.0 Å². The molecule has 6 heteroatoms. The van der Waals surface area contributed by atoms with E-state index in [1.165, 1.54) is 56.9 Å². The van der Waals surface area contributed by atoms with Gasteiger partial charge in [0.05, 0.1) is 13.2 Å². The van der Waals surface area contributed by atoms with E-state index < -0.39 is 37.3 Å². The van der Waals surface area contributed by atoms with Crippen molar-refractivity contribution in [2.24, 2.45) is 17.8 Å². The molecule has 0 saturated carbocycles. The van der Waals surface area contributed by atoms with Crippen LogP contribution in [0.5, 0.6) is 0 Å². The normalized spacial score (nSPS) is 27.8. The van der Waals surface area contributed by atoms with Crippen LogP contribution in [0.4, 0.5) is 0 Å². The number of ether oxygens (including phenoxy) is 2. The van der Waals surface area contributed by atoms with Gasteiger partial charge in [-0.25, -0.2) is 0 Å². The Hall–Kier alpha value is -0.500. The van der Waals surface area contributed by atoms with Gasteiger partial charge in [0.1, 0.15) is 24.4 Å². The highest BCUT2D eigenvalue weighted by molar-refractivity contribution is 4.97. The predicted molar refractivity (Wildman–Crippen MR) is 137 cm³/mol. The van der Waals surface area contributed by atoms with Gasteiger partial charge in [0.15, 0.2) is 6.29 Å². The summed E-state index contributed by atoms with van der Waals surface area (Å²) in [5.74, 6) is 2.48. The summed E-state index contributed by atoms with van der Waals surface area (Å²) >= 11 is 0. The van der Waals surface area contributed by atoms with Gasteiger partial charge in [0.2, 0.25) is 0 Å². The first kappa shape index (κ1) is 31.5. The van der Waals surface area contributed by atoms with E-state index in [-0.39, 0.29) is 0 Å². The maximum atomic E-state index is 9.99. The van der Waals surface area contributed by atoms with Gasteiger partial charge < -0.3 is 29.9 Å². The van der Waals surface area contributed by atoms with E-state index in [9.17, 15) is 20.4 Å². The fourth-order valence-corrected chi connectivity index (χ4v) is 4.65. The van der Waals surface area contributed by atoms with Crippen LogP contribution >= 0.6 is 0 Å². The van der Waals surface area contributed by atoms with Crippen molar-refractivity contribution < 1.29 is 29.9 Å². The summed E-state index contributed by atoms with van der Waals surface area (Å²) in [6, 6.07) is 0. The lowest BCUT2D eigenvalue weighted by molar-refractivity contribution is -0.301. The van der Waals surface area contributed by atoms with E-state index in [0.29, 0.717) is 6.61 Å². The van der Waals surface area contributed by atoms with Gasteiger partial charge in [-0.15, -0.1) is 0 Å². The van der Waals surface area contributed by atoms with Gasteiger partial charge in [-0.3, -0.25) is 0 Å². The molecule has 1 aliphatic heterocycles. The Morgan fingerprint density at radius 3 is 2.00 bits per heavy atom. The Labute approximate surface area is 208 Å². The van der Waals surface area contributed by atoms with Crippen molar-refractivity contribution in [3.63, 3.8) is 0 Å². The molecule has 34 heavy (non-hydrogen) atoms. The first-order valence-corrected chi connectivity index (χ1v) is 13.7. The molecular weight excluding hydrogens is 432 g/mol. The average Bonchev–Trinajstić information content (AvgIpc) is 2.78. The van der Waals surface area contributed by atoms with Crippen LogP contribution in [-0.2, 0) is 9.47 Å². The third kappa shape index (κ3) is 13.0. The number of hydrogen-bond donors (Lipinski definition) is 4. The molecule has 1 heterocycles. The van der Waals surface area contributed by atoms with Crippen molar-refractivity contribution in [3.8, 4) is 0 Å². The smallest absolute Gasteiger partial charge is 0.186 e. The lowest BCUT2D eigenvalue weighted by Crippen LogP contribution is -2.59. The number of allylic oxidation sites excluding steroid dienone is 2. The van der Waals surface area contributed by atoms with Gasteiger partial charge in [0, 0.05) is 0 Å². The highest BCUT2D eigenvalue weighted by Crippen LogP contribution is 2.23. The summed E-state index contributed by atoms with van der Waals surface area (Å²) < 4.78 is 10.9. The first-order valence-electron chi connectivity index (χ1n) is 13.7. The number of rotatable bonds is 18. The Kier molecular flexibility index (Phi) is 16.6. The molecule has 0 spiro atoms. The summed E-state index contributed by atoms with van der Waals surface area (Å²) in [7, 11) is 0. The number of aliphatic hydroxyl groups is 4. The molecule has 0 radical (unpaired) electrons. The molecule has 6 nitrogen and oxygen atoms in total. The van der Waals surface area contributed by atoms with E-state index in [1.807, 2.05) is 0 Å². The molecule has 0 aliphatic carbocycles. The fraction of sp³-hybridized carbons (Fsp3) is 0.929. The third-order valence-electron chi connectivity index (χ3n) is 7.11. The van der Waals surface area contributed by atoms with Crippen LogP contribution in [0.3, 0.4) is 0 Å². The van der Waals surface area contributed by atoms with Crippen molar-refractivity contribution in [1.82, 2.24) is 0 Å². The Morgan fingerprint density at radius 1 is 0.824 bits per heavy atom. The monoisotopic (exact) mass is 486 g/mol. The molecule has 0 aromatic rings. The average molecular weight is 487 g/mol. The molecule has 0 bridgehead atoms. The molecule has 1 rings (SSSR count). The summed E-state index contributed by atoms with van der Waals surface area (Å²) in [6.07, 6.45) is 9.70. The SMILES string of the molecule is CC(=CCCCOC1O[C@H](CO)[C@H](O)[C@H](O)[C@H]1O)CCCC(C)CCCC(C)CCCC(C)C. The lowest BCUT2D eigenvalue weighted by Gasteiger charge is -2.39. The summed E-state index contributed by atoms with van der Waals surface area (Å²) in [4.78, 5) is 0. The van der Waals surface area contributed by atoms with Crippen molar-refractivity contribution in [2.75, 3.05) is 13.2 Å². The minimum atomic E-state index is -1.39. The summed E-state index contributed by atoms with van der Waals surface area (Å²) in [5, 5.41) is 38.8. The molecule has 1 fully saturated rings. The van der Waals surface area contributed by atoms with Crippen LogP contribution in [0.2, 0.25) is 0 Å². The predicted octanol–water partition coefficient (Wildman–Crippen LogP) is 4.97. The van der Waals surface area contributed by atoms with Crippen molar-refractivity contribution >= 4 is 0 Å². The molecule has 1 aliphatic rings. The van der Waals surface area contributed by atoms with Crippen LogP contribution in [0.1, 0.15) is 105 Å². The van der Waals surface area contributed by atoms with Gasteiger partial charge in [0.25, 0.3) is 0 Å². The number of aliphatic hydroxyl groups excluding tert-OH is 4. The Bertz CT molecular complexity index is 535. The first-order chi connectivity index (χ1) is 16.1. The van der Waals surface area contributed by atoms with Crippen LogP contribution in [0, 0.1) is 17.8 Å². The van der Waals surface area contributed by atoms with Crippen LogP contribution in [-0.4, -0.2) is 64.3 Å². The van der Waals surface area contributed by atoms with E-state index in [4.69, 9.17) is 9.47 Å². The summed E-state index contributed by atoms with van der Waals surface area (Å²) in [6.45, 7) is 11.5. The topological polar surface area (TPSA) is 99.4 Å². The second-order valence-electron chi connectivity index (χ2n) is 11.1. The molecule has 0 amide bonds. The molecule has 4 N–H and O–H groups in total. The largest absolute Gasteiger partial charge is 0.394 e. The van der Waals surface area contributed by atoms with Gasteiger partial charge >= 0.3 is 0 Å². The zero-order chi connectivity index (χ0) is 25.5. The summed E-state index contributed by atoms with van der Waals surface area (Å²) in [5.41, 5.74) is 1.40. The molecule has 0 aromatic carbocycles. The highest BCUT2D eigenvalue weighted by atomic mass is 16.7. The van der Waals surface area contributed by atoms with Crippen molar-refractivity contribution in [3.05, 3.63) is 11.6 Å². The molecule has 7 atom stereocenters. The molecule has 3 unspecified atom stereocenters. The molecule has 0 aromatic heterocycles. The zero-order valence-electron chi connectivity index (χ0n) is 22.5. The quantitative estimate of drug-likeness (QED) is 0.161. The van der Waals surface area contributed by atoms with E-state index in [2.05, 4.69) is 40.7 Å². The van der Waals surface area contributed by atoms with Crippen LogP contribution < -0.4 is 0 Å². The fourth-order valence-electron chi connectivity index (χ4n) is 4.65. The van der Waals surface area contributed by atoms with Crippen LogP contribution in [0.25, 0.3) is 0 Å². The van der Waals surface area contributed by atoms with Crippen molar-refractivity contribution in [2.45, 2.75) is 136 Å². The standard InChI is InChI=1S/C28H54O6/c1-20(2)11-8-13-22(4)15-10-17-23(5)16-9-14-21(3)12-6-7-18-33-28-27(32)26(31)25(30)24(19-29)34-28/h12,20,22-32H,6-11,13-19H2,1-5H3/t22?,23?,24-,25+,26+,27-,28?/m1/s1. The maximum absolute atomic E-state index is 9.99. The number of hydrogen-bond acceptors (Lipinski definition) is 6. The minimum absolute atomic E-state index is 0.374. The Morgan fingerprint density at radius 2 is 1.41 bits per heavy atom. The third-order valence-corrected chi connectivity index (χ3v) is 7.11. The molecular formula is C28H54O6. The van der Waals surface area contributed by atoms with Gasteiger partial charge in [-0.05, 0) is 50.4 Å². The lowest BCUT2D eigenvalue weighted by atomic mass is 9.91. The molecule has 1 saturated heterocycles. The van der Waals surface area contributed by atoms with Gasteiger partial charge in [-0.2, -0.15) is 0 Å². The van der Waals surface area contributed by atoms with Crippen molar-refractivity contribution in [1.29, 1.82) is 0 Å². The highest BCUT2D eigenvalue weighted by Gasteiger charge is 2.43. The maximum Gasteiger partial charge on any atom is 0.186 e. The second-order valence-corrected chi connectivity index (χ2v) is 11.1. The molecule has 202 valence electrons. The zero-order valence-corrected chi connectivity index (χ0v) is 22.5. The minimum Gasteiger partial charge on any atom is -0.394 e. The van der Waals surface area contributed by atoms with E-state index in [1.54, 1.807) is 0 Å². The van der Waals surface area contributed by atoms with Crippen LogP contribution in [0.15, 0.2) is 11.6 Å². The van der Waals surface area contributed by atoms with E-state index >= 15 is 0 Å².